The summed E-state index contributed by atoms with van der Waals surface area (Å²) in [4.78, 5) is 17.7. The molecule has 4 nitrogen and oxygen atoms in total. The van der Waals surface area contributed by atoms with E-state index < -0.39 is 5.91 Å². The molecule has 1 aromatic heterocycles. The first-order chi connectivity index (χ1) is 7.68. The molecule has 1 fully saturated rings. The third-order valence-corrected chi connectivity index (χ3v) is 3.13. The van der Waals surface area contributed by atoms with E-state index in [9.17, 15) is 4.79 Å². The summed E-state index contributed by atoms with van der Waals surface area (Å²) in [5.74, 6) is 0.469. The number of aromatic nitrogens is 1. The molecule has 1 aliphatic heterocycles. The molecule has 0 saturated carbocycles. The molecule has 0 spiro atoms. The van der Waals surface area contributed by atoms with E-state index in [2.05, 4.69) is 16.8 Å². The molecule has 1 atom stereocenters. The van der Waals surface area contributed by atoms with Crippen molar-refractivity contribution < 1.29 is 4.79 Å². The van der Waals surface area contributed by atoms with Crippen LogP contribution in [-0.2, 0) is 0 Å². The van der Waals surface area contributed by atoms with Gasteiger partial charge in [-0.3, -0.25) is 4.79 Å². The predicted molar refractivity (Wildman–Crippen MR) is 63.4 cm³/mol. The van der Waals surface area contributed by atoms with E-state index in [1.165, 1.54) is 19.3 Å². The Bertz CT molecular complexity index is 392. The van der Waals surface area contributed by atoms with Crippen LogP contribution in [0.2, 0.25) is 0 Å². The van der Waals surface area contributed by atoms with Gasteiger partial charge in [0.05, 0.1) is 0 Å². The van der Waals surface area contributed by atoms with Crippen molar-refractivity contribution in [3.8, 4) is 0 Å². The smallest absolute Gasteiger partial charge is 0.248 e. The van der Waals surface area contributed by atoms with Crippen molar-refractivity contribution in [3.05, 3.63) is 23.9 Å². The fraction of sp³-hybridized carbons (Fsp3) is 0.500. The van der Waals surface area contributed by atoms with Crippen molar-refractivity contribution in [2.75, 3.05) is 11.4 Å². The Labute approximate surface area is 95.5 Å². The van der Waals surface area contributed by atoms with Crippen LogP contribution < -0.4 is 10.6 Å². The van der Waals surface area contributed by atoms with Gasteiger partial charge in [-0.15, -0.1) is 0 Å². The average Bonchev–Trinajstić information content (AvgIpc) is 2.30. The van der Waals surface area contributed by atoms with Crippen molar-refractivity contribution in [2.24, 2.45) is 5.73 Å². The van der Waals surface area contributed by atoms with Gasteiger partial charge in [-0.05, 0) is 38.3 Å². The molecule has 86 valence electrons. The van der Waals surface area contributed by atoms with E-state index in [1.54, 1.807) is 18.3 Å². The van der Waals surface area contributed by atoms with Crippen LogP contribution in [0.25, 0.3) is 0 Å². The lowest BCUT2D eigenvalue weighted by Gasteiger charge is -2.34. The van der Waals surface area contributed by atoms with Gasteiger partial charge in [0.2, 0.25) is 5.91 Å². The highest BCUT2D eigenvalue weighted by Gasteiger charge is 2.19. The lowest BCUT2D eigenvalue weighted by Crippen LogP contribution is -2.38. The number of primary amides is 1. The number of carbonyl (C=O) groups is 1. The van der Waals surface area contributed by atoms with E-state index in [0.29, 0.717) is 11.6 Å². The molecule has 1 saturated heterocycles. The van der Waals surface area contributed by atoms with Crippen LogP contribution in [-0.4, -0.2) is 23.5 Å². The van der Waals surface area contributed by atoms with Gasteiger partial charge in [0.15, 0.2) is 0 Å². The van der Waals surface area contributed by atoms with Gasteiger partial charge in [0, 0.05) is 24.3 Å². The number of anilines is 1. The fourth-order valence-corrected chi connectivity index (χ4v) is 2.17. The maximum absolute atomic E-state index is 11.1. The second-order valence-corrected chi connectivity index (χ2v) is 4.31. The topological polar surface area (TPSA) is 59.2 Å². The van der Waals surface area contributed by atoms with Crippen LogP contribution in [0, 0.1) is 0 Å². The average molecular weight is 219 g/mol. The highest BCUT2D eigenvalue weighted by molar-refractivity contribution is 5.93. The summed E-state index contributed by atoms with van der Waals surface area (Å²) in [5, 5.41) is 0. The van der Waals surface area contributed by atoms with E-state index >= 15 is 0 Å². The molecule has 16 heavy (non-hydrogen) atoms. The number of amides is 1. The first-order valence-corrected chi connectivity index (χ1v) is 5.71. The van der Waals surface area contributed by atoms with Crippen molar-refractivity contribution in [1.82, 2.24) is 4.98 Å². The minimum absolute atomic E-state index is 0.395. The third kappa shape index (κ3) is 2.15. The Kier molecular flexibility index (Phi) is 3.08. The molecule has 1 aliphatic rings. The third-order valence-electron chi connectivity index (χ3n) is 3.13. The maximum Gasteiger partial charge on any atom is 0.248 e. The second kappa shape index (κ2) is 4.51. The molecule has 0 aromatic carbocycles. The van der Waals surface area contributed by atoms with Crippen molar-refractivity contribution >= 4 is 11.7 Å². The van der Waals surface area contributed by atoms with Gasteiger partial charge >= 0.3 is 0 Å². The zero-order valence-corrected chi connectivity index (χ0v) is 9.52. The number of rotatable bonds is 2. The Balaban J connectivity index is 2.25. The van der Waals surface area contributed by atoms with E-state index in [-0.39, 0.29) is 0 Å². The van der Waals surface area contributed by atoms with Crippen LogP contribution >= 0.6 is 0 Å². The number of hydrogen-bond donors (Lipinski definition) is 1. The Hall–Kier alpha value is -1.58. The number of pyridine rings is 1. The van der Waals surface area contributed by atoms with Gasteiger partial charge in [-0.2, -0.15) is 0 Å². The largest absolute Gasteiger partial charge is 0.366 e. The zero-order valence-electron chi connectivity index (χ0n) is 9.52. The summed E-state index contributed by atoms with van der Waals surface area (Å²) in [5.41, 5.74) is 5.79. The molecule has 0 bridgehead atoms. The van der Waals surface area contributed by atoms with E-state index in [0.717, 1.165) is 12.4 Å². The van der Waals surface area contributed by atoms with E-state index in [4.69, 9.17) is 5.73 Å². The van der Waals surface area contributed by atoms with Crippen LogP contribution in [0.1, 0.15) is 36.5 Å². The minimum atomic E-state index is -0.395. The predicted octanol–water partition coefficient (Wildman–Crippen LogP) is 1.56. The summed E-state index contributed by atoms with van der Waals surface area (Å²) in [7, 11) is 0. The number of carbonyl (C=O) groups excluding carboxylic acids is 1. The van der Waals surface area contributed by atoms with Gasteiger partial charge in [0.1, 0.15) is 5.82 Å². The summed E-state index contributed by atoms with van der Waals surface area (Å²) in [6.45, 7) is 3.20. The molecule has 0 radical (unpaired) electrons. The fourth-order valence-electron chi connectivity index (χ4n) is 2.17. The van der Waals surface area contributed by atoms with E-state index in [1.807, 2.05) is 0 Å². The molecular formula is C12H17N3O. The summed E-state index contributed by atoms with van der Waals surface area (Å²) >= 11 is 0. The molecule has 2 heterocycles. The van der Waals surface area contributed by atoms with Crippen LogP contribution in [0.15, 0.2) is 18.3 Å². The minimum Gasteiger partial charge on any atom is -0.366 e. The molecule has 1 amide bonds. The van der Waals surface area contributed by atoms with Crippen LogP contribution in [0.5, 0.6) is 0 Å². The van der Waals surface area contributed by atoms with Gasteiger partial charge < -0.3 is 10.6 Å². The molecule has 0 aliphatic carbocycles. The molecule has 2 rings (SSSR count). The molecule has 1 unspecified atom stereocenters. The highest BCUT2D eigenvalue weighted by atomic mass is 16.1. The normalized spacial score (nSPS) is 20.8. The van der Waals surface area contributed by atoms with Crippen molar-refractivity contribution in [2.45, 2.75) is 32.2 Å². The Morgan fingerprint density at radius 1 is 1.56 bits per heavy atom. The first kappa shape index (κ1) is 10.9. The lowest BCUT2D eigenvalue weighted by molar-refractivity contribution is 0.1000. The number of nitrogens with zero attached hydrogens (tertiary/aromatic N) is 2. The van der Waals surface area contributed by atoms with Crippen LogP contribution in [0.3, 0.4) is 0 Å². The highest BCUT2D eigenvalue weighted by Crippen LogP contribution is 2.23. The summed E-state index contributed by atoms with van der Waals surface area (Å²) in [6.07, 6.45) is 5.29. The van der Waals surface area contributed by atoms with Crippen LogP contribution in [0.4, 0.5) is 5.82 Å². The van der Waals surface area contributed by atoms with Gasteiger partial charge in [-0.1, -0.05) is 0 Å². The summed E-state index contributed by atoms with van der Waals surface area (Å²) < 4.78 is 0. The first-order valence-electron chi connectivity index (χ1n) is 5.71. The SMILES string of the molecule is CC1CCCCN1c1cc(C(N)=O)ccn1. The molecule has 4 heteroatoms. The monoisotopic (exact) mass is 219 g/mol. The molecule has 1 aromatic rings. The lowest BCUT2D eigenvalue weighted by atomic mass is 10.0. The maximum atomic E-state index is 11.1. The Morgan fingerprint density at radius 2 is 2.38 bits per heavy atom. The second-order valence-electron chi connectivity index (χ2n) is 4.31. The Morgan fingerprint density at radius 3 is 3.06 bits per heavy atom. The number of hydrogen-bond acceptors (Lipinski definition) is 3. The van der Waals surface area contributed by atoms with Crippen molar-refractivity contribution in [1.29, 1.82) is 0 Å². The standard InChI is InChI=1S/C12H17N3O/c1-9-4-2-3-7-15(9)11-8-10(12(13)16)5-6-14-11/h5-6,8-9H,2-4,7H2,1H3,(H2,13,16). The zero-order chi connectivity index (χ0) is 11.5. The molecule has 2 N–H and O–H groups in total. The number of piperidine rings is 1. The molecular weight excluding hydrogens is 202 g/mol. The quantitative estimate of drug-likeness (QED) is 0.821. The van der Waals surface area contributed by atoms with Gasteiger partial charge in [-0.25, -0.2) is 4.98 Å². The van der Waals surface area contributed by atoms with Crippen molar-refractivity contribution in [3.63, 3.8) is 0 Å². The number of nitrogens with two attached hydrogens (primary N) is 1. The summed E-state index contributed by atoms with van der Waals surface area (Å²) in [6, 6.07) is 3.93. The van der Waals surface area contributed by atoms with Gasteiger partial charge in [0.25, 0.3) is 0 Å².